The van der Waals surface area contributed by atoms with E-state index in [1.54, 1.807) is 23.0 Å². The van der Waals surface area contributed by atoms with Gasteiger partial charge in [-0.1, -0.05) is 25.1 Å². The predicted molar refractivity (Wildman–Crippen MR) is 96.5 cm³/mol. The number of carbonyl (C=O) groups excluding carboxylic acids is 2. The quantitative estimate of drug-likeness (QED) is 0.645. The summed E-state index contributed by atoms with van der Waals surface area (Å²) in [5, 5.41) is 10.6. The first-order valence-corrected chi connectivity index (χ1v) is 8.27. The first kappa shape index (κ1) is 16.8. The van der Waals surface area contributed by atoms with Crippen LogP contribution in [0.4, 0.5) is 5.82 Å². The Morgan fingerprint density at radius 1 is 1.28 bits per heavy atom. The van der Waals surface area contributed by atoms with E-state index >= 15 is 0 Å². The molecule has 3 rings (SSSR count). The van der Waals surface area contributed by atoms with Crippen LogP contribution in [0.3, 0.4) is 0 Å². The van der Waals surface area contributed by atoms with Crippen molar-refractivity contribution in [2.24, 2.45) is 0 Å². The molecule has 1 aromatic carbocycles. The third kappa shape index (κ3) is 3.71. The number of para-hydroxylation sites is 1. The molecule has 3 N–H and O–H groups in total. The molecular weight excluding hydrogens is 318 g/mol. The monoisotopic (exact) mass is 339 g/mol. The van der Waals surface area contributed by atoms with Crippen LogP contribution in [0, 0.1) is 0 Å². The number of fused-ring (bicyclic) bond motifs is 1. The fourth-order valence-electron chi connectivity index (χ4n) is 2.58. The Hall–Kier alpha value is -3.09. The van der Waals surface area contributed by atoms with Gasteiger partial charge < -0.3 is 15.6 Å². The van der Waals surface area contributed by atoms with Crippen molar-refractivity contribution in [3.8, 4) is 0 Å². The zero-order chi connectivity index (χ0) is 17.8. The first-order chi connectivity index (χ1) is 12.1. The number of benzene rings is 1. The first-order valence-electron chi connectivity index (χ1n) is 8.27. The molecule has 0 spiro atoms. The maximum atomic E-state index is 12.2. The van der Waals surface area contributed by atoms with Gasteiger partial charge in [-0.2, -0.15) is 5.10 Å². The lowest BCUT2D eigenvalue weighted by molar-refractivity contribution is -0.115. The molecule has 0 unspecified atom stereocenters. The molecule has 25 heavy (non-hydrogen) atoms. The number of rotatable bonds is 6. The maximum absolute atomic E-state index is 12.2. The van der Waals surface area contributed by atoms with Gasteiger partial charge in [-0.15, -0.1) is 0 Å². The summed E-state index contributed by atoms with van der Waals surface area (Å²) in [7, 11) is 0. The smallest absolute Gasteiger partial charge is 0.268 e. The second-order valence-corrected chi connectivity index (χ2v) is 5.92. The van der Waals surface area contributed by atoms with Gasteiger partial charge in [-0.05, 0) is 25.5 Å². The van der Waals surface area contributed by atoms with Crippen molar-refractivity contribution in [3.05, 3.63) is 48.3 Å². The van der Waals surface area contributed by atoms with E-state index in [9.17, 15) is 9.59 Å². The molecule has 0 fully saturated rings. The van der Waals surface area contributed by atoms with Crippen molar-refractivity contribution >= 4 is 28.5 Å². The van der Waals surface area contributed by atoms with Gasteiger partial charge in [-0.3, -0.25) is 9.59 Å². The Morgan fingerprint density at radius 3 is 2.84 bits per heavy atom. The molecule has 0 aliphatic carbocycles. The van der Waals surface area contributed by atoms with Crippen molar-refractivity contribution in [2.75, 3.05) is 11.9 Å². The van der Waals surface area contributed by atoms with Crippen molar-refractivity contribution in [3.63, 3.8) is 0 Å². The summed E-state index contributed by atoms with van der Waals surface area (Å²) in [6.45, 7) is 3.97. The summed E-state index contributed by atoms with van der Waals surface area (Å²) in [4.78, 5) is 27.3. The van der Waals surface area contributed by atoms with Gasteiger partial charge in [0.25, 0.3) is 5.91 Å². The van der Waals surface area contributed by atoms with Crippen LogP contribution in [-0.2, 0) is 4.79 Å². The molecule has 0 aliphatic rings. The van der Waals surface area contributed by atoms with E-state index in [4.69, 9.17) is 0 Å². The Bertz CT molecular complexity index is 863. The summed E-state index contributed by atoms with van der Waals surface area (Å²) in [5.74, 6) is 0.00973. The number of anilines is 1. The van der Waals surface area contributed by atoms with Crippen LogP contribution < -0.4 is 10.6 Å². The lowest BCUT2D eigenvalue weighted by Crippen LogP contribution is -2.33. The van der Waals surface area contributed by atoms with Gasteiger partial charge in [0.15, 0.2) is 0 Å². The summed E-state index contributed by atoms with van der Waals surface area (Å²) in [6, 6.07) is 11.3. The van der Waals surface area contributed by atoms with Crippen LogP contribution in [0.2, 0.25) is 0 Å². The van der Waals surface area contributed by atoms with Gasteiger partial charge in [0.05, 0.1) is 18.8 Å². The molecule has 0 bridgehead atoms. The van der Waals surface area contributed by atoms with E-state index in [2.05, 4.69) is 27.6 Å². The van der Waals surface area contributed by atoms with E-state index in [0.717, 1.165) is 17.3 Å². The van der Waals surface area contributed by atoms with Crippen molar-refractivity contribution in [2.45, 2.75) is 26.3 Å². The molecule has 130 valence electrons. The molecule has 1 atom stereocenters. The molecule has 3 aromatic rings. The normalized spacial score (nSPS) is 12.1. The molecular formula is C18H21N5O2. The second kappa shape index (κ2) is 7.21. The largest absolute Gasteiger partial charge is 0.351 e. The minimum atomic E-state index is -0.318. The summed E-state index contributed by atoms with van der Waals surface area (Å²) >= 11 is 0. The summed E-state index contributed by atoms with van der Waals surface area (Å²) < 4.78 is 1.76. The molecule has 0 aliphatic heterocycles. The predicted octanol–water partition coefficient (Wildman–Crippen LogP) is 2.70. The summed E-state index contributed by atoms with van der Waals surface area (Å²) in [5.41, 5.74) is 1.31. The maximum Gasteiger partial charge on any atom is 0.268 e. The average Bonchev–Trinajstić information content (AvgIpc) is 3.25. The highest BCUT2D eigenvalue weighted by molar-refractivity contribution is 6.01. The minimum Gasteiger partial charge on any atom is -0.351 e. The summed E-state index contributed by atoms with van der Waals surface area (Å²) in [6.07, 6.45) is 2.55. The number of carbonyl (C=O) groups is 2. The Kier molecular flexibility index (Phi) is 4.83. The topological polar surface area (TPSA) is 91.8 Å². The minimum absolute atomic E-state index is 0.111. The molecule has 2 amide bonds. The SMILES string of the molecule is CC[C@@H](C)n1nccc1NC(=O)CNC(=O)c1cc2ccccc2[nH]1. The number of nitrogens with zero attached hydrogens (tertiary/aromatic N) is 2. The Morgan fingerprint density at radius 2 is 2.08 bits per heavy atom. The zero-order valence-electron chi connectivity index (χ0n) is 14.2. The number of aromatic nitrogens is 3. The van der Waals surface area contributed by atoms with E-state index in [1.165, 1.54) is 0 Å². The van der Waals surface area contributed by atoms with Crippen LogP contribution in [0.15, 0.2) is 42.6 Å². The number of hydrogen-bond donors (Lipinski definition) is 3. The van der Waals surface area contributed by atoms with Crippen LogP contribution in [-0.4, -0.2) is 33.1 Å². The van der Waals surface area contributed by atoms with Gasteiger partial charge in [0.1, 0.15) is 11.5 Å². The van der Waals surface area contributed by atoms with Crippen LogP contribution in [0.1, 0.15) is 36.8 Å². The molecule has 0 saturated heterocycles. The molecule has 2 heterocycles. The van der Waals surface area contributed by atoms with E-state index < -0.39 is 0 Å². The van der Waals surface area contributed by atoms with Crippen LogP contribution in [0.25, 0.3) is 10.9 Å². The molecule has 0 saturated carbocycles. The fraction of sp³-hybridized carbons (Fsp3) is 0.278. The molecule has 7 heteroatoms. The highest BCUT2D eigenvalue weighted by atomic mass is 16.2. The third-order valence-corrected chi connectivity index (χ3v) is 4.13. The highest BCUT2D eigenvalue weighted by Gasteiger charge is 2.13. The number of nitrogens with one attached hydrogen (secondary N) is 3. The van der Waals surface area contributed by atoms with E-state index in [-0.39, 0.29) is 24.4 Å². The van der Waals surface area contributed by atoms with E-state index in [0.29, 0.717) is 11.5 Å². The van der Waals surface area contributed by atoms with Gasteiger partial charge in [-0.25, -0.2) is 4.68 Å². The molecule has 2 aromatic heterocycles. The average molecular weight is 339 g/mol. The van der Waals surface area contributed by atoms with Crippen LogP contribution >= 0.6 is 0 Å². The molecule has 0 radical (unpaired) electrons. The zero-order valence-corrected chi connectivity index (χ0v) is 14.2. The number of hydrogen-bond acceptors (Lipinski definition) is 3. The fourth-order valence-corrected chi connectivity index (χ4v) is 2.58. The van der Waals surface area contributed by atoms with Gasteiger partial charge in [0.2, 0.25) is 5.91 Å². The lowest BCUT2D eigenvalue weighted by Gasteiger charge is -2.14. The van der Waals surface area contributed by atoms with Gasteiger partial charge in [0, 0.05) is 17.0 Å². The Balaban J connectivity index is 1.59. The number of amides is 2. The van der Waals surface area contributed by atoms with Crippen molar-refractivity contribution in [1.29, 1.82) is 0 Å². The van der Waals surface area contributed by atoms with Crippen molar-refractivity contribution in [1.82, 2.24) is 20.1 Å². The molecule has 7 nitrogen and oxygen atoms in total. The van der Waals surface area contributed by atoms with Gasteiger partial charge >= 0.3 is 0 Å². The lowest BCUT2D eigenvalue weighted by atomic mass is 10.2. The van der Waals surface area contributed by atoms with E-state index in [1.807, 2.05) is 31.2 Å². The Labute approximate surface area is 145 Å². The standard InChI is InChI=1S/C18H21N5O2/c1-3-12(2)23-16(8-9-20-23)22-17(24)11-19-18(25)15-10-13-6-4-5-7-14(13)21-15/h4-10,12,21H,3,11H2,1-2H3,(H,19,25)(H,22,24)/t12-/m1/s1. The van der Waals surface area contributed by atoms with Crippen molar-refractivity contribution < 1.29 is 9.59 Å². The highest BCUT2D eigenvalue weighted by Crippen LogP contribution is 2.16. The number of aromatic amines is 1. The van der Waals surface area contributed by atoms with Crippen LogP contribution in [0.5, 0.6) is 0 Å². The third-order valence-electron chi connectivity index (χ3n) is 4.13. The second-order valence-electron chi connectivity index (χ2n) is 5.92. The number of H-pyrrole nitrogens is 1.